The zero-order valence-corrected chi connectivity index (χ0v) is 9.52. The summed E-state index contributed by atoms with van der Waals surface area (Å²) in [5.41, 5.74) is 0. The molecule has 0 aliphatic heterocycles. The Hall–Kier alpha value is -1.38. The van der Waals surface area contributed by atoms with Gasteiger partial charge in [-0.1, -0.05) is 0 Å². The molecule has 2 rings (SSSR count). The summed E-state index contributed by atoms with van der Waals surface area (Å²) in [4.78, 5) is 25.1. The van der Waals surface area contributed by atoms with Gasteiger partial charge < -0.3 is 0 Å². The minimum absolute atomic E-state index is 0.0945. The molecule has 0 bridgehead atoms. The van der Waals surface area contributed by atoms with E-state index in [4.69, 9.17) is 4.42 Å². The second-order valence-corrected chi connectivity index (χ2v) is 4.97. The molecule has 4 heteroatoms. The Labute approximate surface area is 92.5 Å². The third kappa shape index (κ3) is 2.35. The van der Waals surface area contributed by atoms with Gasteiger partial charge in [0.1, 0.15) is 0 Å². The molecule has 0 fully saturated rings. The van der Waals surface area contributed by atoms with Gasteiger partial charge in [-0.3, -0.25) is 0 Å². The van der Waals surface area contributed by atoms with E-state index in [1.54, 1.807) is 18.2 Å². The van der Waals surface area contributed by atoms with E-state index in [1.807, 2.05) is 11.0 Å². The van der Waals surface area contributed by atoms with Gasteiger partial charge in [-0.2, -0.15) is 0 Å². The van der Waals surface area contributed by atoms with E-state index in [0.29, 0.717) is 0 Å². The Morgan fingerprint density at radius 3 is 2.67 bits per heavy atom. The van der Waals surface area contributed by atoms with E-state index in [0.717, 1.165) is 4.44 Å². The topological polar surface area (TPSA) is 47.3 Å². The molecule has 15 heavy (non-hydrogen) atoms. The number of hydrogen-bond donors (Lipinski definition) is 0. The van der Waals surface area contributed by atoms with E-state index >= 15 is 0 Å². The van der Waals surface area contributed by atoms with Gasteiger partial charge in [0.2, 0.25) is 0 Å². The van der Waals surface area contributed by atoms with Crippen LogP contribution in [0.4, 0.5) is 0 Å². The number of hydrogen-bond acceptors (Lipinski definition) is 3. The third-order valence-electron chi connectivity index (χ3n) is 1.91. The molecule has 76 valence electrons. The summed E-state index contributed by atoms with van der Waals surface area (Å²) < 4.78 is 5.68. The standard InChI is InChI=1S/C11H8O3Se/c12-8(10-3-1-5-14-10)7-9(13)11-4-2-6-15-11/h1-6H,7H2. The predicted molar refractivity (Wildman–Crippen MR) is 55.4 cm³/mol. The number of rotatable bonds is 4. The summed E-state index contributed by atoms with van der Waals surface area (Å²) in [6.07, 6.45) is 1.33. The fraction of sp³-hybridized carbons (Fsp3) is 0.0909. The molecule has 3 nitrogen and oxygen atoms in total. The maximum absolute atomic E-state index is 11.6. The van der Waals surface area contributed by atoms with Crippen LogP contribution in [0.3, 0.4) is 0 Å². The van der Waals surface area contributed by atoms with Crippen molar-refractivity contribution < 1.29 is 14.0 Å². The van der Waals surface area contributed by atoms with Crippen molar-refractivity contribution in [3.05, 3.63) is 45.7 Å². The van der Waals surface area contributed by atoms with E-state index in [9.17, 15) is 9.59 Å². The zero-order valence-electron chi connectivity index (χ0n) is 7.80. The van der Waals surface area contributed by atoms with Crippen molar-refractivity contribution in [1.82, 2.24) is 0 Å². The van der Waals surface area contributed by atoms with E-state index in [1.165, 1.54) is 6.26 Å². The van der Waals surface area contributed by atoms with Crippen LogP contribution in [-0.2, 0) is 0 Å². The summed E-state index contributed by atoms with van der Waals surface area (Å²) in [6, 6.07) is 6.84. The number of carbonyl (C=O) groups excluding carboxylic acids is 2. The van der Waals surface area contributed by atoms with Crippen LogP contribution in [-0.4, -0.2) is 26.1 Å². The molecule has 0 aliphatic rings. The van der Waals surface area contributed by atoms with Crippen LogP contribution in [0.5, 0.6) is 0 Å². The van der Waals surface area contributed by atoms with Gasteiger partial charge in [0.15, 0.2) is 0 Å². The van der Waals surface area contributed by atoms with Gasteiger partial charge in [0.25, 0.3) is 0 Å². The van der Waals surface area contributed by atoms with Gasteiger partial charge in [0, 0.05) is 0 Å². The zero-order chi connectivity index (χ0) is 10.7. The molecule has 0 N–H and O–H groups in total. The van der Waals surface area contributed by atoms with Crippen LogP contribution < -0.4 is 0 Å². The fourth-order valence-electron chi connectivity index (χ4n) is 1.19. The summed E-state index contributed by atoms with van der Waals surface area (Å²) in [5.74, 6) is -0.0996. The minimum atomic E-state index is -0.256. The Kier molecular flexibility index (Phi) is 2.99. The summed E-state index contributed by atoms with van der Waals surface area (Å²) in [5, 5.41) is 0. The number of ketones is 2. The quantitative estimate of drug-likeness (QED) is 0.482. The van der Waals surface area contributed by atoms with Crippen molar-refractivity contribution in [3.63, 3.8) is 0 Å². The molecule has 2 aromatic rings. The third-order valence-corrected chi connectivity index (χ3v) is 3.82. The molecule has 0 saturated carbocycles. The van der Waals surface area contributed by atoms with Gasteiger partial charge in [-0.05, 0) is 0 Å². The second kappa shape index (κ2) is 4.43. The van der Waals surface area contributed by atoms with Gasteiger partial charge in [0.05, 0.1) is 0 Å². The first-order valence-electron chi connectivity index (χ1n) is 4.41. The van der Waals surface area contributed by atoms with Crippen molar-refractivity contribution in [1.29, 1.82) is 0 Å². The van der Waals surface area contributed by atoms with Crippen LogP contribution >= 0.6 is 0 Å². The van der Waals surface area contributed by atoms with Crippen molar-refractivity contribution in [3.8, 4) is 0 Å². The van der Waals surface area contributed by atoms with Crippen LogP contribution in [0.15, 0.2) is 39.9 Å². The Morgan fingerprint density at radius 1 is 1.20 bits per heavy atom. The first kappa shape index (κ1) is 10.1. The summed E-state index contributed by atoms with van der Waals surface area (Å²) in [7, 11) is 0. The maximum atomic E-state index is 11.6. The number of Topliss-reactive ketones (excluding diaryl/α,β-unsaturated/α-hetero) is 2. The SMILES string of the molecule is O=C(CC(=O)c1ccc[se]1)c1ccco1. The first-order chi connectivity index (χ1) is 7.27. The molecule has 0 unspecified atom stereocenters. The van der Waals surface area contributed by atoms with Crippen molar-refractivity contribution in [2.45, 2.75) is 6.42 Å². The number of carbonyl (C=O) groups is 2. The molecule has 0 aromatic carbocycles. The average molecular weight is 267 g/mol. The van der Waals surface area contributed by atoms with Crippen LogP contribution in [0.2, 0.25) is 0 Å². The van der Waals surface area contributed by atoms with Gasteiger partial charge in [-0.15, -0.1) is 0 Å². The average Bonchev–Trinajstić information content (AvgIpc) is 2.91. The molecule has 2 heterocycles. The normalized spacial score (nSPS) is 10.1. The van der Waals surface area contributed by atoms with Crippen LogP contribution in [0.1, 0.15) is 26.2 Å². The van der Waals surface area contributed by atoms with Crippen LogP contribution in [0.25, 0.3) is 0 Å². The molecule has 0 saturated heterocycles. The van der Waals surface area contributed by atoms with Crippen molar-refractivity contribution >= 4 is 26.1 Å². The Balaban J connectivity index is 2.04. The molecular weight excluding hydrogens is 259 g/mol. The van der Waals surface area contributed by atoms with Crippen LogP contribution in [0, 0.1) is 0 Å². The molecule has 2 aromatic heterocycles. The molecule has 0 atom stereocenters. The van der Waals surface area contributed by atoms with E-state index in [-0.39, 0.29) is 38.3 Å². The molecule has 0 spiro atoms. The fourth-order valence-corrected chi connectivity index (χ4v) is 2.59. The number of furan rings is 1. The van der Waals surface area contributed by atoms with E-state index < -0.39 is 0 Å². The predicted octanol–water partition coefficient (Wildman–Crippen LogP) is 1.79. The Morgan fingerprint density at radius 2 is 2.07 bits per heavy atom. The van der Waals surface area contributed by atoms with Gasteiger partial charge >= 0.3 is 92.2 Å². The first-order valence-corrected chi connectivity index (χ1v) is 6.25. The summed E-state index contributed by atoms with van der Waals surface area (Å²) >= 11 is 0.0977. The Bertz CT molecular complexity index is 410. The van der Waals surface area contributed by atoms with Crippen molar-refractivity contribution in [2.75, 3.05) is 0 Å². The van der Waals surface area contributed by atoms with E-state index in [2.05, 4.69) is 0 Å². The monoisotopic (exact) mass is 268 g/mol. The summed E-state index contributed by atoms with van der Waals surface area (Å²) in [6.45, 7) is 0. The second-order valence-electron chi connectivity index (χ2n) is 2.98. The van der Waals surface area contributed by atoms with Crippen molar-refractivity contribution in [2.24, 2.45) is 0 Å². The molecule has 0 radical (unpaired) electrons. The molecular formula is C11H8O3Se. The van der Waals surface area contributed by atoms with Gasteiger partial charge in [-0.25, -0.2) is 0 Å². The molecule has 0 aliphatic carbocycles. The molecule has 0 amide bonds.